The number of imidazole rings is 1. The van der Waals surface area contributed by atoms with Gasteiger partial charge in [0, 0.05) is 42.3 Å². The molecule has 198 valence electrons. The summed E-state index contributed by atoms with van der Waals surface area (Å²) in [5.74, 6) is 1.84. The molecule has 0 radical (unpaired) electrons. The van der Waals surface area contributed by atoms with E-state index in [2.05, 4.69) is 89.2 Å². The standard InChI is InChI=1S/C34H40ClN3/c1-2-3-23-38-32(33(29-15-9-5-10-16-29)36-34(38)30-17-11-6-12-18-30)26-37(24-27-13-7-4-8-14-27)25-28-19-21-31(35)22-20-28/h5-6,9-12,15-22,27H,2-4,7-8,13-14,23-26H2,1H3. The van der Waals surface area contributed by atoms with Gasteiger partial charge in [-0.1, -0.05) is 117 Å². The van der Waals surface area contributed by atoms with Gasteiger partial charge in [-0.3, -0.25) is 4.90 Å². The fourth-order valence-corrected chi connectivity index (χ4v) is 5.94. The number of halogens is 1. The van der Waals surface area contributed by atoms with E-state index < -0.39 is 0 Å². The first-order valence-corrected chi connectivity index (χ1v) is 14.8. The molecule has 0 unspecified atom stereocenters. The van der Waals surface area contributed by atoms with Crippen molar-refractivity contribution in [3.8, 4) is 22.6 Å². The highest BCUT2D eigenvalue weighted by molar-refractivity contribution is 6.30. The molecule has 0 atom stereocenters. The number of hydrogen-bond acceptors (Lipinski definition) is 2. The van der Waals surface area contributed by atoms with Crippen molar-refractivity contribution < 1.29 is 0 Å². The van der Waals surface area contributed by atoms with E-state index in [0.29, 0.717) is 0 Å². The van der Waals surface area contributed by atoms with Crippen LogP contribution in [-0.2, 0) is 19.6 Å². The van der Waals surface area contributed by atoms with Gasteiger partial charge in [0.15, 0.2) is 0 Å². The molecule has 5 rings (SSSR count). The molecule has 4 heteroatoms. The van der Waals surface area contributed by atoms with Crippen LogP contribution >= 0.6 is 11.6 Å². The van der Waals surface area contributed by atoms with Gasteiger partial charge in [0.05, 0.1) is 11.4 Å². The summed E-state index contributed by atoms with van der Waals surface area (Å²) in [6.07, 6.45) is 9.08. The predicted molar refractivity (Wildman–Crippen MR) is 160 cm³/mol. The molecule has 1 fully saturated rings. The number of benzene rings is 3. The minimum absolute atomic E-state index is 0.761. The second-order valence-electron chi connectivity index (χ2n) is 10.8. The quantitative estimate of drug-likeness (QED) is 0.194. The lowest BCUT2D eigenvalue weighted by Crippen LogP contribution is -2.31. The molecule has 0 aliphatic heterocycles. The van der Waals surface area contributed by atoms with E-state index in [-0.39, 0.29) is 0 Å². The van der Waals surface area contributed by atoms with Crippen molar-refractivity contribution in [1.29, 1.82) is 0 Å². The highest BCUT2D eigenvalue weighted by Crippen LogP contribution is 2.32. The Bertz CT molecular complexity index is 1260. The van der Waals surface area contributed by atoms with E-state index in [1.807, 2.05) is 12.1 Å². The second-order valence-corrected chi connectivity index (χ2v) is 11.2. The van der Waals surface area contributed by atoms with Gasteiger partial charge in [0.1, 0.15) is 5.82 Å². The molecule has 3 aromatic carbocycles. The van der Waals surface area contributed by atoms with Crippen molar-refractivity contribution in [3.05, 3.63) is 101 Å². The van der Waals surface area contributed by atoms with Crippen LogP contribution < -0.4 is 0 Å². The highest BCUT2D eigenvalue weighted by Gasteiger charge is 2.24. The molecule has 0 N–H and O–H groups in total. The maximum atomic E-state index is 6.23. The van der Waals surface area contributed by atoms with Crippen molar-refractivity contribution >= 4 is 11.6 Å². The molecule has 38 heavy (non-hydrogen) atoms. The Morgan fingerprint density at radius 2 is 1.47 bits per heavy atom. The summed E-state index contributed by atoms with van der Waals surface area (Å²) in [7, 11) is 0. The number of hydrogen-bond donors (Lipinski definition) is 0. The van der Waals surface area contributed by atoms with Crippen molar-refractivity contribution in [2.24, 2.45) is 5.92 Å². The first-order chi connectivity index (χ1) is 18.7. The summed E-state index contributed by atoms with van der Waals surface area (Å²) in [5, 5.41) is 0.795. The van der Waals surface area contributed by atoms with E-state index in [4.69, 9.17) is 16.6 Å². The number of nitrogens with zero attached hydrogens (tertiary/aromatic N) is 3. The van der Waals surface area contributed by atoms with Crippen LogP contribution in [0, 0.1) is 5.92 Å². The van der Waals surface area contributed by atoms with Crippen molar-refractivity contribution in [3.63, 3.8) is 0 Å². The average molecular weight is 526 g/mol. The normalized spacial score (nSPS) is 14.3. The molecule has 1 saturated carbocycles. The molecular formula is C34H40ClN3. The van der Waals surface area contributed by atoms with E-state index in [1.54, 1.807) is 0 Å². The Balaban J connectivity index is 1.56. The minimum Gasteiger partial charge on any atom is -0.326 e. The zero-order valence-corrected chi connectivity index (χ0v) is 23.4. The van der Waals surface area contributed by atoms with E-state index in [1.165, 1.54) is 54.5 Å². The molecule has 0 amide bonds. The fraction of sp³-hybridized carbons (Fsp3) is 0.382. The first-order valence-electron chi connectivity index (χ1n) is 14.4. The second kappa shape index (κ2) is 13.3. The van der Waals surface area contributed by atoms with Gasteiger partial charge in [-0.15, -0.1) is 0 Å². The SMILES string of the molecule is CCCCn1c(-c2ccccc2)nc(-c2ccccc2)c1CN(Cc1ccc(Cl)cc1)CC1CCCCC1. The minimum atomic E-state index is 0.761. The maximum absolute atomic E-state index is 6.23. The van der Waals surface area contributed by atoms with Crippen LogP contribution in [0.25, 0.3) is 22.6 Å². The van der Waals surface area contributed by atoms with Crippen molar-refractivity contribution in [2.75, 3.05) is 6.54 Å². The Kier molecular flexibility index (Phi) is 9.33. The van der Waals surface area contributed by atoms with Gasteiger partial charge in [-0.25, -0.2) is 4.98 Å². The van der Waals surface area contributed by atoms with Crippen LogP contribution in [0.2, 0.25) is 5.02 Å². The summed E-state index contributed by atoms with van der Waals surface area (Å²) in [6, 6.07) is 29.8. The third-order valence-corrected chi connectivity index (χ3v) is 8.07. The molecule has 1 heterocycles. The third-order valence-electron chi connectivity index (χ3n) is 7.82. The summed E-state index contributed by atoms with van der Waals surface area (Å²) in [4.78, 5) is 8.01. The molecule has 1 aromatic heterocycles. The lowest BCUT2D eigenvalue weighted by Gasteiger charge is -2.30. The summed E-state index contributed by atoms with van der Waals surface area (Å²) >= 11 is 6.23. The smallest absolute Gasteiger partial charge is 0.140 e. The third kappa shape index (κ3) is 6.76. The number of aromatic nitrogens is 2. The summed E-state index contributed by atoms with van der Waals surface area (Å²) < 4.78 is 2.51. The van der Waals surface area contributed by atoms with Gasteiger partial charge in [0.2, 0.25) is 0 Å². The fourth-order valence-electron chi connectivity index (χ4n) is 5.82. The van der Waals surface area contributed by atoms with Crippen LogP contribution in [0.5, 0.6) is 0 Å². The van der Waals surface area contributed by atoms with Crippen LogP contribution in [0.15, 0.2) is 84.9 Å². The summed E-state index contributed by atoms with van der Waals surface area (Å²) in [5.41, 5.74) is 6.13. The molecule has 3 nitrogen and oxygen atoms in total. The van der Waals surface area contributed by atoms with Crippen LogP contribution in [0.3, 0.4) is 0 Å². The number of rotatable bonds is 11. The molecule has 0 bridgehead atoms. The first kappa shape index (κ1) is 26.7. The lowest BCUT2D eigenvalue weighted by molar-refractivity contribution is 0.183. The Morgan fingerprint density at radius 3 is 2.13 bits per heavy atom. The van der Waals surface area contributed by atoms with Gasteiger partial charge >= 0.3 is 0 Å². The molecular weight excluding hydrogens is 486 g/mol. The number of unbranched alkanes of at least 4 members (excludes halogenated alkanes) is 1. The zero-order valence-electron chi connectivity index (χ0n) is 22.7. The van der Waals surface area contributed by atoms with Crippen LogP contribution in [0.1, 0.15) is 63.1 Å². The Hall–Kier alpha value is -2.88. The molecule has 0 spiro atoms. The molecule has 1 aliphatic rings. The van der Waals surface area contributed by atoms with E-state index in [9.17, 15) is 0 Å². The summed E-state index contributed by atoms with van der Waals surface area (Å²) in [6.45, 7) is 6.17. The predicted octanol–water partition coefficient (Wildman–Crippen LogP) is 9.25. The van der Waals surface area contributed by atoms with Gasteiger partial charge in [-0.2, -0.15) is 0 Å². The van der Waals surface area contributed by atoms with Crippen LogP contribution in [0.4, 0.5) is 0 Å². The molecule has 0 saturated heterocycles. The monoisotopic (exact) mass is 525 g/mol. The topological polar surface area (TPSA) is 21.1 Å². The van der Waals surface area contributed by atoms with Crippen molar-refractivity contribution in [2.45, 2.75) is 71.5 Å². The zero-order chi connectivity index (χ0) is 26.2. The Labute approximate surface area is 233 Å². The highest BCUT2D eigenvalue weighted by atomic mass is 35.5. The van der Waals surface area contributed by atoms with Gasteiger partial charge < -0.3 is 4.57 Å². The molecule has 4 aromatic rings. The Morgan fingerprint density at radius 1 is 0.816 bits per heavy atom. The van der Waals surface area contributed by atoms with E-state index in [0.717, 1.165) is 61.5 Å². The largest absolute Gasteiger partial charge is 0.326 e. The van der Waals surface area contributed by atoms with Crippen molar-refractivity contribution in [1.82, 2.24) is 14.5 Å². The van der Waals surface area contributed by atoms with E-state index >= 15 is 0 Å². The van der Waals surface area contributed by atoms with Gasteiger partial charge in [0.25, 0.3) is 0 Å². The average Bonchev–Trinajstić information content (AvgIpc) is 3.32. The van der Waals surface area contributed by atoms with Gasteiger partial charge in [-0.05, 0) is 42.9 Å². The maximum Gasteiger partial charge on any atom is 0.140 e. The van der Waals surface area contributed by atoms with Crippen LogP contribution in [-0.4, -0.2) is 21.0 Å². The molecule has 1 aliphatic carbocycles. The lowest BCUT2D eigenvalue weighted by atomic mass is 9.89.